The quantitative estimate of drug-likeness (QED) is 0.751. The van der Waals surface area contributed by atoms with E-state index >= 15 is 0 Å². The molecule has 0 saturated heterocycles. The summed E-state index contributed by atoms with van der Waals surface area (Å²) in [5.74, 6) is 3.02. The molecule has 2 N–H and O–H groups in total. The molecule has 102 valence electrons. The molecule has 0 amide bonds. The van der Waals surface area contributed by atoms with Crippen molar-refractivity contribution in [1.29, 1.82) is 0 Å². The Morgan fingerprint density at radius 3 is 2.72 bits per heavy atom. The first kappa shape index (κ1) is 12.7. The lowest BCUT2D eigenvalue weighted by Gasteiger charge is -2.36. The molecule has 0 aromatic rings. The van der Waals surface area contributed by atoms with Crippen molar-refractivity contribution in [3.8, 4) is 0 Å². The molecule has 2 fully saturated rings. The summed E-state index contributed by atoms with van der Waals surface area (Å²) < 4.78 is 0. The van der Waals surface area contributed by atoms with E-state index in [0.717, 1.165) is 17.8 Å². The summed E-state index contributed by atoms with van der Waals surface area (Å²) in [6.45, 7) is 2.73. The van der Waals surface area contributed by atoms with Gasteiger partial charge in [-0.15, -0.1) is 0 Å². The maximum atomic E-state index is 9.49. The Labute approximate surface area is 111 Å². The van der Waals surface area contributed by atoms with Gasteiger partial charge in [0.05, 0.1) is 0 Å². The van der Waals surface area contributed by atoms with Crippen LogP contribution in [0.3, 0.4) is 0 Å². The zero-order valence-electron chi connectivity index (χ0n) is 11.5. The fourth-order valence-electron chi connectivity index (χ4n) is 4.51. The van der Waals surface area contributed by atoms with Gasteiger partial charge in [0.2, 0.25) is 0 Å². The van der Waals surface area contributed by atoms with E-state index in [-0.39, 0.29) is 0 Å². The van der Waals surface area contributed by atoms with Gasteiger partial charge in [0.15, 0.2) is 0 Å². The van der Waals surface area contributed by atoms with Crippen molar-refractivity contribution in [2.45, 2.75) is 57.5 Å². The fourth-order valence-corrected chi connectivity index (χ4v) is 4.51. The smallest absolute Gasteiger partial charge is 0.0474 e. The highest BCUT2D eigenvalue weighted by atomic mass is 16.3. The summed E-state index contributed by atoms with van der Waals surface area (Å²) in [6.07, 6.45) is 12.7. The van der Waals surface area contributed by atoms with Crippen LogP contribution in [-0.4, -0.2) is 23.8 Å². The standard InChI is InChI=1S/C16H27NO/c1-11(15-9-12-6-7-13(15)8-12)17-16-5-3-2-4-14(16)10-18/h6-7,11-18H,2-5,8-10H2,1H3. The predicted octanol–water partition coefficient (Wildman–Crippen LogP) is 2.73. The minimum Gasteiger partial charge on any atom is -0.396 e. The van der Waals surface area contributed by atoms with E-state index in [2.05, 4.69) is 24.4 Å². The number of nitrogens with one attached hydrogen (secondary N) is 1. The van der Waals surface area contributed by atoms with Crippen LogP contribution in [0.1, 0.15) is 45.4 Å². The molecule has 6 atom stereocenters. The predicted molar refractivity (Wildman–Crippen MR) is 74.3 cm³/mol. The number of hydrogen-bond acceptors (Lipinski definition) is 2. The van der Waals surface area contributed by atoms with E-state index in [1.165, 1.54) is 38.5 Å². The van der Waals surface area contributed by atoms with Crippen LogP contribution in [0.25, 0.3) is 0 Å². The number of aliphatic hydroxyl groups excluding tert-OH is 1. The normalized spacial score (nSPS) is 44.4. The zero-order valence-corrected chi connectivity index (χ0v) is 11.5. The van der Waals surface area contributed by atoms with Crippen molar-refractivity contribution in [1.82, 2.24) is 5.32 Å². The maximum Gasteiger partial charge on any atom is 0.0474 e. The molecule has 2 heteroatoms. The summed E-state index contributed by atoms with van der Waals surface area (Å²) in [4.78, 5) is 0. The molecule has 2 bridgehead atoms. The summed E-state index contributed by atoms with van der Waals surface area (Å²) in [6, 6.07) is 1.17. The Morgan fingerprint density at radius 2 is 2.06 bits per heavy atom. The Bertz CT molecular complexity index is 314. The van der Waals surface area contributed by atoms with Gasteiger partial charge in [-0.1, -0.05) is 25.0 Å². The van der Waals surface area contributed by atoms with Gasteiger partial charge >= 0.3 is 0 Å². The van der Waals surface area contributed by atoms with Crippen LogP contribution in [-0.2, 0) is 0 Å². The number of aliphatic hydroxyl groups is 1. The minimum atomic E-state index is 0.362. The zero-order chi connectivity index (χ0) is 12.5. The lowest BCUT2D eigenvalue weighted by molar-refractivity contribution is 0.137. The summed E-state index contributed by atoms with van der Waals surface area (Å²) in [5.41, 5.74) is 0. The van der Waals surface area contributed by atoms with Gasteiger partial charge < -0.3 is 10.4 Å². The maximum absolute atomic E-state index is 9.49. The van der Waals surface area contributed by atoms with Crippen molar-refractivity contribution in [3.63, 3.8) is 0 Å². The van der Waals surface area contributed by atoms with Gasteiger partial charge in [-0.3, -0.25) is 0 Å². The Morgan fingerprint density at radius 1 is 1.22 bits per heavy atom. The van der Waals surface area contributed by atoms with Gasteiger partial charge in [-0.2, -0.15) is 0 Å². The Hall–Kier alpha value is -0.340. The summed E-state index contributed by atoms with van der Waals surface area (Å²) in [7, 11) is 0. The van der Waals surface area contributed by atoms with Crippen LogP contribution in [0, 0.1) is 23.7 Å². The van der Waals surface area contributed by atoms with Crippen molar-refractivity contribution < 1.29 is 5.11 Å². The highest BCUT2D eigenvalue weighted by molar-refractivity contribution is 5.11. The average Bonchev–Trinajstić information content (AvgIpc) is 3.01. The second kappa shape index (κ2) is 5.34. The van der Waals surface area contributed by atoms with Crippen LogP contribution in [0.4, 0.5) is 0 Å². The first-order chi connectivity index (χ1) is 8.78. The van der Waals surface area contributed by atoms with Crippen molar-refractivity contribution >= 4 is 0 Å². The molecule has 3 rings (SSSR count). The van der Waals surface area contributed by atoms with Crippen LogP contribution in [0.5, 0.6) is 0 Å². The molecular weight excluding hydrogens is 222 g/mol. The number of allylic oxidation sites excluding steroid dienone is 2. The SMILES string of the molecule is CC(NC1CCCCC1CO)C1CC2C=CC1C2. The summed E-state index contributed by atoms with van der Waals surface area (Å²) >= 11 is 0. The molecule has 0 aromatic carbocycles. The third-order valence-electron chi connectivity index (χ3n) is 5.59. The van der Waals surface area contributed by atoms with Gasteiger partial charge in [0.1, 0.15) is 0 Å². The van der Waals surface area contributed by atoms with E-state index in [4.69, 9.17) is 0 Å². The molecule has 6 unspecified atom stereocenters. The second-order valence-corrected chi connectivity index (χ2v) is 6.73. The number of fused-ring (bicyclic) bond motifs is 2. The van der Waals surface area contributed by atoms with E-state index < -0.39 is 0 Å². The van der Waals surface area contributed by atoms with Crippen LogP contribution in [0.15, 0.2) is 12.2 Å². The third kappa shape index (κ3) is 2.37. The molecule has 2 nitrogen and oxygen atoms in total. The van der Waals surface area contributed by atoms with Crippen LogP contribution >= 0.6 is 0 Å². The molecule has 0 spiro atoms. The molecule has 0 heterocycles. The van der Waals surface area contributed by atoms with E-state index in [9.17, 15) is 5.11 Å². The highest BCUT2D eigenvalue weighted by Crippen LogP contribution is 2.45. The van der Waals surface area contributed by atoms with Crippen LogP contribution < -0.4 is 5.32 Å². The first-order valence-electron chi connectivity index (χ1n) is 7.83. The summed E-state index contributed by atoms with van der Waals surface area (Å²) in [5, 5.41) is 13.3. The molecular formula is C16H27NO. The largest absolute Gasteiger partial charge is 0.396 e. The van der Waals surface area contributed by atoms with E-state index in [1.54, 1.807) is 0 Å². The van der Waals surface area contributed by atoms with Gasteiger partial charge in [-0.05, 0) is 56.3 Å². The lowest BCUT2D eigenvalue weighted by Crippen LogP contribution is -2.47. The molecule has 0 aromatic heterocycles. The minimum absolute atomic E-state index is 0.362. The topological polar surface area (TPSA) is 32.3 Å². The third-order valence-corrected chi connectivity index (χ3v) is 5.59. The molecule has 3 aliphatic rings. The van der Waals surface area contributed by atoms with Crippen molar-refractivity contribution in [2.24, 2.45) is 23.7 Å². The number of rotatable bonds is 4. The lowest BCUT2D eigenvalue weighted by atomic mass is 9.82. The number of hydrogen-bond donors (Lipinski definition) is 2. The monoisotopic (exact) mass is 249 g/mol. The molecule has 0 aliphatic heterocycles. The molecule has 18 heavy (non-hydrogen) atoms. The van der Waals surface area contributed by atoms with Gasteiger partial charge in [-0.25, -0.2) is 0 Å². The Kier molecular flexibility index (Phi) is 3.76. The van der Waals surface area contributed by atoms with Gasteiger partial charge in [0.25, 0.3) is 0 Å². The van der Waals surface area contributed by atoms with E-state index in [0.29, 0.717) is 24.6 Å². The Balaban J connectivity index is 1.56. The van der Waals surface area contributed by atoms with Crippen molar-refractivity contribution in [2.75, 3.05) is 6.61 Å². The van der Waals surface area contributed by atoms with Crippen LogP contribution in [0.2, 0.25) is 0 Å². The van der Waals surface area contributed by atoms with E-state index in [1.807, 2.05) is 0 Å². The molecule has 0 radical (unpaired) electrons. The second-order valence-electron chi connectivity index (χ2n) is 6.73. The molecule has 3 aliphatic carbocycles. The fraction of sp³-hybridized carbons (Fsp3) is 0.875. The van der Waals surface area contributed by atoms with Gasteiger partial charge in [0, 0.05) is 18.7 Å². The highest BCUT2D eigenvalue weighted by Gasteiger charge is 2.39. The van der Waals surface area contributed by atoms with Crippen molar-refractivity contribution in [3.05, 3.63) is 12.2 Å². The average molecular weight is 249 g/mol. The molecule has 2 saturated carbocycles. The first-order valence-corrected chi connectivity index (χ1v) is 7.83.